The first-order valence-corrected chi connectivity index (χ1v) is 8.49. The van der Waals surface area contributed by atoms with Crippen LogP contribution in [0.5, 0.6) is 0 Å². The van der Waals surface area contributed by atoms with E-state index in [0.29, 0.717) is 11.9 Å². The van der Waals surface area contributed by atoms with E-state index in [1.807, 2.05) is 0 Å². The van der Waals surface area contributed by atoms with E-state index >= 15 is 0 Å². The van der Waals surface area contributed by atoms with Crippen molar-refractivity contribution in [2.24, 2.45) is 0 Å². The van der Waals surface area contributed by atoms with E-state index in [-0.39, 0.29) is 11.4 Å². The van der Waals surface area contributed by atoms with Crippen molar-refractivity contribution in [3.63, 3.8) is 0 Å². The number of halogens is 3. The highest BCUT2D eigenvalue weighted by Crippen LogP contribution is 2.34. The Bertz CT molecular complexity index is 773. The summed E-state index contributed by atoms with van der Waals surface area (Å²) >= 11 is 0. The molecule has 0 unspecified atom stereocenters. The van der Waals surface area contributed by atoms with Crippen LogP contribution < -0.4 is 10.6 Å². The van der Waals surface area contributed by atoms with Gasteiger partial charge < -0.3 is 10.6 Å². The summed E-state index contributed by atoms with van der Waals surface area (Å²) in [4.78, 5) is 20.3. The van der Waals surface area contributed by atoms with Gasteiger partial charge in [0.15, 0.2) is 0 Å². The predicted molar refractivity (Wildman–Crippen MR) is 91.9 cm³/mol. The van der Waals surface area contributed by atoms with E-state index in [1.54, 1.807) is 0 Å². The smallest absolute Gasteiger partial charge is 0.367 e. The molecule has 3 rings (SSSR count). The van der Waals surface area contributed by atoms with E-state index < -0.39 is 17.6 Å². The zero-order chi connectivity index (χ0) is 18.6. The normalized spacial score (nSPS) is 15.5. The lowest BCUT2D eigenvalue weighted by Gasteiger charge is -2.23. The van der Waals surface area contributed by atoms with Crippen LogP contribution in [0.4, 0.5) is 24.7 Å². The third kappa shape index (κ3) is 4.50. The molecule has 5 nitrogen and oxygen atoms in total. The Morgan fingerprint density at radius 2 is 1.81 bits per heavy atom. The number of alkyl halides is 3. The van der Waals surface area contributed by atoms with Crippen molar-refractivity contribution in [3.05, 3.63) is 47.9 Å². The molecule has 1 aliphatic carbocycles. The Hall–Kier alpha value is -2.64. The topological polar surface area (TPSA) is 66.9 Å². The maximum absolute atomic E-state index is 13.0. The van der Waals surface area contributed by atoms with Gasteiger partial charge in [0, 0.05) is 12.1 Å². The average Bonchev–Trinajstić information content (AvgIpc) is 2.62. The first kappa shape index (κ1) is 18.2. The summed E-state index contributed by atoms with van der Waals surface area (Å²) in [6.45, 7) is 0. The van der Waals surface area contributed by atoms with E-state index in [4.69, 9.17) is 0 Å². The number of aromatic nitrogens is 2. The molecule has 1 aliphatic rings. The number of hydrogen-bond donors (Lipinski definition) is 2. The molecule has 0 atom stereocenters. The molecule has 1 amide bonds. The molecule has 1 aromatic heterocycles. The minimum Gasteiger partial charge on any atom is -0.367 e. The summed E-state index contributed by atoms with van der Waals surface area (Å²) in [5, 5.41) is 5.55. The molecular formula is C18H19F3N4O. The molecule has 8 heteroatoms. The van der Waals surface area contributed by atoms with Crippen LogP contribution in [-0.2, 0) is 6.18 Å². The number of anilines is 2. The lowest BCUT2D eigenvalue weighted by atomic mass is 9.95. The Balaban J connectivity index is 1.73. The van der Waals surface area contributed by atoms with E-state index in [9.17, 15) is 18.0 Å². The zero-order valence-corrected chi connectivity index (χ0v) is 14.0. The van der Waals surface area contributed by atoms with Gasteiger partial charge in [-0.25, -0.2) is 9.97 Å². The summed E-state index contributed by atoms with van der Waals surface area (Å²) in [6.07, 6.45) is 2.25. The summed E-state index contributed by atoms with van der Waals surface area (Å²) in [5.74, 6) is -0.211. The van der Waals surface area contributed by atoms with Crippen molar-refractivity contribution in [2.45, 2.75) is 44.3 Å². The molecule has 1 fully saturated rings. The summed E-state index contributed by atoms with van der Waals surface area (Å²) in [5.41, 5.74) is -1.19. The molecule has 2 aromatic rings. The summed E-state index contributed by atoms with van der Waals surface area (Å²) in [6, 6.07) is 6.59. The predicted octanol–water partition coefficient (Wildman–Crippen LogP) is 4.49. The van der Waals surface area contributed by atoms with Crippen LogP contribution in [0.2, 0.25) is 0 Å². The fourth-order valence-corrected chi connectivity index (χ4v) is 3.04. The molecule has 0 spiro atoms. The molecule has 0 radical (unpaired) electrons. The van der Waals surface area contributed by atoms with Gasteiger partial charge in [-0.1, -0.05) is 31.4 Å². The minimum atomic E-state index is -4.55. The average molecular weight is 364 g/mol. The second kappa shape index (κ2) is 7.72. The molecule has 2 N–H and O–H groups in total. The maximum atomic E-state index is 13.0. The Labute approximate surface area is 149 Å². The van der Waals surface area contributed by atoms with Crippen molar-refractivity contribution in [3.8, 4) is 0 Å². The van der Waals surface area contributed by atoms with Crippen LogP contribution in [0.15, 0.2) is 36.7 Å². The highest BCUT2D eigenvalue weighted by molar-refractivity contribution is 6.03. The van der Waals surface area contributed by atoms with E-state index in [1.165, 1.54) is 37.0 Å². The molecule has 138 valence electrons. The van der Waals surface area contributed by atoms with Crippen molar-refractivity contribution in [2.75, 3.05) is 10.6 Å². The monoisotopic (exact) mass is 364 g/mol. The van der Waals surface area contributed by atoms with Gasteiger partial charge in [0.1, 0.15) is 17.8 Å². The van der Waals surface area contributed by atoms with Gasteiger partial charge in [-0.3, -0.25) is 4.79 Å². The van der Waals surface area contributed by atoms with Gasteiger partial charge in [0.2, 0.25) is 0 Å². The highest BCUT2D eigenvalue weighted by Gasteiger charge is 2.33. The van der Waals surface area contributed by atoms with Crippen LogP contribution in [-0.4, -0.2) is 21.9 Å². The fraction of sp³-hybridized carbons (Fsp3) is 0.389. The number of para-hydroxylation sites is 1. The van der Waals surface area contributed by atoms with Gasteiger partial charge >= 0.3 is 6.18 Å². The molecule has 1 heterocycles. The standard InChI is InChI=1S/C18H19F3N4O/c19-18(20,21)13-8-4-5-9-14(13)25-17(26)15-10-16(23-11-22-15)24-12-6-2-1-3-7-12/h4-5,8-12H,1-3,6-7H2,(H,25,26)(H,22,23,24). The quantitative estimate of drug-likeness (QED) is 0.839. The lowest BCUT2D eigenvalue weighted by molar-refractivity contribution is -0.136. The molecule has 1 saturated carbocycles. The number of benzene rings is 1. The number of nitrogens with zero attached hydrogens (tertiary/aromatic N) is 2. The van der Waals surface area contributed by atoms with Crippen molar-refractivity contribution < 1.29 is 18.0 Å². The van der Waals surface area contributed by atoms with Gasteiger partial charge in [-0.2, -0.15) is 13.2 Å². The van der Waals surface area contributed by atoms with Crippen LogP contribution in [0.3, 0.4) is 0 Å². The Morgan fingerprint density at radius 1 is 1.08 bits per heavy atom. The highest BCUT2D eigenvalue weighted by atomic mass is 19.4. The molecule has 0 saturated heterocycles. The number of amides is 1. The largest absolute Gasteiger partial charge is 0.418 e. The van der Waals surface area contributed by atoms with Crippen molar-refractivity contribution >= 4 is 17.4 Å². The van der Waals surface area contributed by atoms with Crippen LogP contribution >= 0.6 is 0 Å². The van der Waals surface area contributed by atoms with Gasteiger partial charge in [0.05, 0.1) is 11.3 Å². The van der Waals surface area contributed by atoms with Gasteiger partial charge in [-0.15, -0.1) is 0 Å². The van der Waals surface area contributed by atoms with Gasteiger partial charge in [0.25, 0.3) is 5.91 Å². The summed E-state index contributed by atoms with van der Waals surface area (Å²) < 4.78 is 39.1. The molecule has 1 aromatic carbocycles. The van der Waals surface area contributed by atoms with Crippen LogP contribution in [0, 0.1) is 0 Å². The van der Waals surface area contributed by atoms with Crippen molar-refractivity contribution in [1.82, 2.24) is 9.97 Å². The second-order valence-corrected chi connectivity index (χ2v) is 6.27. The molecular weight excluding hydrogens is 345 g/mol. The van der Waals surface area contributed by atoms with Crippen LogP contribution in [0.1, 0.15) is 48.2 Å². The maximum Gasteiger partial charge on any atom is 0.418 e. The SMILES string of the molecule is O=C(Nc1ccccc1C(F)(F)F)c1cc(NC2CCCCC2)ncn1. The molecule has 0 aliphatic heterocycles. The Morgan fingerprint density at radius 3 is 2.54 bits per heavy atom. The minimum absolute atomic E-state index is 0.00952. The summed E-state index contributed by atoms with van der Waals surface area (Å²) in [7, 11) is 0. The van der Waals surface area contributed by atoms with Crippen molar-refractivity contribution in [1.29, 1.82) is 0 Å². The second-order valence-electron chi connectivity index (χ2n) is 6.27. The zero-order valence-electron chi connectivity index (χ0n) is 14.0. The van der Waals surface area contributed by atoms with Crippen LogP contribution in [0.25, 0.3) is 0 Å². The fourth-order valence-electron chi connectivity index (χ4n) is 3.04. The lowest BCUT2D eigenvalue weighted by Crippen LogP contribution is -2.23. The number of nitrogens with one attached hydrogen (secondary N) is 2. The van der Waals surface area contributed by atoms with E-state index in [0.717, 1.165) is 31.7 Å². The number of carbonyl (C=O) groups excluding carboxylic acids is 1. The molecule has 26 heavy (non-hydrogen) atoms. The number of carbonyl (C=O) groups is 1. The molecule has 0 bridgehead atoms. The number of hydrogen-bond acceptors (Lipinski definition) is 4. The number of rotatable bonds is 4. The first-order chi connectivity index (χ1) is 12.4. The third-order valence-electron chi connectivity index (χ3n) is 4.34. The first-order valence-electron chi connectivity index (χ1n) is 8.49. The van der Waals surface area contributed by atoms with Gasteiger partial charge in [-0.05, 0) is 25.0 Å². The Kier molecular flexibility index (Phi) is 5.39. The van der Waals surface area contributed by atoms with E-state index in [2.05, 4.69) is 20.6 Å². The third-order valence-corrected chi connectivity index (χ3v) is 4.34.